The summed E-state index contributed by atoms with van der Waals surface area (Å²) in [5, 5.41) is 24.5. The first-order chi connectivity index (χ1) is 13.3. The number of carbonyl (C=O) groups excluding carboxylic acids is 1. The summed E-state index contributed by atoms with van der Waals surface area (Å²) in [7, 11) is 4.25. The number of nitro benzene ring substituents is 1. The van der Waals surface area contributed by atoms with E-state index in [2.05, 4.69) is 10.5 Å². The number of halogens is 1. The number of phenolic OH excluding ortho intramolecular Hbond substituents is 1. The maximum absolute atomic E-state index is 12.3. The van der Waals surface area contributed by atoms with Gasteiger partial charge >= 0.3 is 5.69 Å². The molecule has 0 bridgehead atoms. The number of hydrazone groups is 1. The molecule has 0 aliphatic carbocycles. The number of methoxy groups -OCH3 is 3. The van der Waals surface area contributed by atoms with Crippen molar-refractivity contribution in [1.29, 1.82) is 0 Å². The van der Waals surface area contributed by atoms with Gasteiger partial charge in [-0.25, -0.2) is 5.43 Å². The van der Waals surface area contributed by atoms with Gasteiger partial charge in [0.1, 0.15) is 0 Å². The van der Waals surface area contributed by atoms with Crippen LogP contribution in [0.2, 0.25) is 5.02 Å². The standard InChI is InChI=1S/C17H16ClN3O7/c1-26-13-5-9(6-14(27-2)16(13)28-3)17(23)20-19-8-10-4-11(18)7-12(15(10)22)21(24)25/h4-8,22H,1-3H3,(H,20,23). The fourth-order valence-electron chi connectivity index (χ4n) is 2.28. The predicted molar refractivity (Wildman–Crippen MR) is 101 cm³/mol. The van der Waals surface area contributed by atoms with E-state index in [1.54, 1.807) is 0 Å². The zero-order chi connectivity index (χ0) is 20.8. The van der Waals surface area contributed by atoms with Crippen molar-refractivity contribution in [2.75, 3.05) is 21.3 Å². The number of nitrogens with one attached hydrogen (secondary N) is 1. The van der Waals surface area contributed by atoms with Crippen LogP contribution < -0.4 is 19.6 Å². The largest absolute Gasteiger partial charge is 0.502 e. The van der Waals surface area contributed by atoms with E-state index in [4.69, 9.17) is 25.8 Å². The number of amides is 1. The van der Waals surface area contributed by atoms with Crippen molar-refractivity contribution in [3.63, 3.8) is 0 Å². The summed E-state index contributed by atoms with van der Waals surface area (Å²) in [5.41, 5.74) is 1.78. The van der Waals surface area contributed by atoms with Crippen molar-refractivity contribution in [1.82, 2.24) is 5.43 Å². The SMILES string of the molecule is COc1cc(C(=O)NN=Cc2cc(Cl)cc([N+](=O)[O-])c2O)cc(OC)c1OC. The van der Waals surface area contributed by atoms with Crippen LogP contribution in [0, 0.1) is 10.1 Å². The summed E-state index contributed by atoms with van der Waals surface area (Å²) in [6.45, 7) is 0. The molecule has 0 saturated heterocycles. The summed E-state index contributed by atoms with van der Waals surface area (Å²) in [6.07, 6.45) is 1.03. The lowest BCUT2D eigenvalue weighted by atomic mass is 10.1. The average molecular weight is 410 g/mol. The van der Waals surface area contributed by atoms with Crippen molar-refractivity contribution < 1.29 is 29.0 Å². The molecular weight excluding hydrogens is 394 g/mol. The highest BCUT2D eigenvalue weighted by Crippen LogP contribution is 2.38. The summed E-state index contributed by atoms with van der Waals surface area (Å²) in [5.74, 6) is -0.369. The van der Waals surface area contributed by atoms with Gasteiger partial charge in [-0.1, -0.05) is 11.6 Å². The fourth-order valence-corrected chi connectivity index (χ4v) is 2.50. The number of ether oxygens (including phenoxy) is 3. The number of nitro groups is 1. The van der Waals surface area contributed by atoms with Crippen LogP contribution in [0.15, 0.2) is 29.4 Å². The average Bonchev–Trinajstić information content (AvgIpc) is 2.68. The second kappa shape index (κ2) is 8.91. The van der Waals surface area contributed by atoms with E-state index in [0.29, 0.717) is 5.75 Å². The van der Waals surface area contributed by atoms with Crippen LogP contribution in [0.4, 0.5) is 5.69 Å². The first-order valence-electron chi connectivity index (χ1n) is 7.62. The summed E-state index contributed by atoms with van der Waals surface area (Å²) >= 11 is 5.79. The summed E-state index contributed by atoms with van der Waals surface area (Å²) < 4.78 is 15.5. The van der Waals surface area contributed by atoms with Gasteiger partial charge in [0.05, 0.1) is 32.5 Å². The molecule has 28 heavy (non-hydrogen) atoms. The molecular formula is C17H16ClN3O7. The molecule has 11 heteroatoms. The molecule has 10 nitrogen and oxygen atoms in total. The lowest BCUT2D eigenvalue weighted by Gasteiger charge is -2.13. The second-order valence-corrected chi connectivity index (χ2v) is 5.67. The molecule has 148 valence electrons. The van der Waals surface area contributed by atoms with Gasteiger partial charge in [0, 0.05) is 22.2 Å². The molecule has 0 spiro atoms. The zero-order valence-electron chi connectivity index (χ0n) is 15.1. The molecule has 0 fully saturated rings. The minimum Gasteiger partial charge on any atom is -0.502 e. The van der Waals surface area contributed by atoms with Crippen molar-refractivity contribution in [2.45, 2.75) is 0 Å². The van der Waals surface area contributed by atoms with Crippen molar-refractivity contribution in [2.24, 2.45) is 5.10 Å². The lowest BCUT2D eigenvalue weighted by Crippen LogP contribution is -2.18. The van der Waals surface area contributed by atoms with Gasteiger partial charge in [0.25, 0.3) is 5.91 Å². The van der Waals surface area contributed by atoms with E-state index in [-0.39, 0.29) is 27.6 Å². The maximum Gasteiger partial charge on any atom is 0.312 e. The first-order valence-corrected chi connectivity index (χ1v) is 8.00. The second-order valence-electron chi connectivity index (χ2n) is 5.23. The minimum absolute atomic E-state index is 0.0295. The van der Waals surface area contributed by atoms with Crippen LogP contribution in [0.5, 0.6) is 23.0 Å². The third-order valence-corrected chi connectivity index (χ3v) is 3.80. The quantitative estimate of drug-likeness (QED) is 0.408. The number of hydrogen-bond acceptors (Lipinski definition) is 8. The minimum atomic E-state index is -0.785. The molecule has 0 heterocycles. The van der Waals surface area contributed by atoms with Gasteiger partial charge in [-0.2, -0.15) is 5.10 Å². The van der Waals surface area contributed by atoms with Crippen LogP contribution in [-0.4, -0.2) is 43.5 Å². The molecule has 1 amide bonds. The van der Waals surface area contributed by atoms with Crippen LogP contribution in [0.1, 0.15) is 15.9 Å². The number of aromatic hydroxyl groups is 1. The van der Waals surface area contributed by atoms with Gasteiger partial charge in [-0.3, -0.25) is 14.9 Å². The van der Waals surface area contributed by atoms with Crippen LogP contribution in [-0.2, 0) is 0 Å². The molecule has 2 rings (SSSR count). The summed E-state index contributed by atoms with van der Waals surface area (Å²) in [4.78, 5) is 22.4. The number of rotatable bonds is 7. The smallest absolute Gasteiger partial charge is 0.312 e. The third kappa shape index (κ3) is 4.41. The monoisotopic (exact) mass is 409 g/mol. The molecule has 0 radical (unpaired) electrons. The fraction of sp³-hybridized carbons (Fsp3) is 0.176. The van der Waals surface area contributed by atoms with E-state index < -0.39 is 22.3 Å². The molecule has 2 aromatic rings. The van der Waals surface area contributed by atoms with Gasteiger partial charge in [-0.15, -0.1) is 0 Å². The predicted octanol–water partition coefficient (Wildman–Crippen LogP) is 2.74. The first kappa shape index (κ1) is 20.8. The van der Waals surface area contributed by atoms with Gasteiger partial charge in [0.2, 0.25) is 11.5 Å². The Morgan fingerprint density at radius 3 is 2.29 bits per heavy atom. The lowest BCUT2D eigenvalue weighted by molar-refractivity contribution is -0.385. The Morgan fingerprint density at radius 2 is 1.79 bits per heavy atom. The van der Waals surface area contributed by atoms with Crippen LogP contribution in [0.3, 0.4) is 0 Å². The van der Waals surface area contributed by atoms with Gasteiger partial charge < -0.3 is 19.3 Å². The Morgan fingerprint density at radius 1 is 1.18 bits per heavy atom. The number of nitrogens with zero attached hydrogens (tertiary/aromatic N) is 2. The van der Waals surface area contributed by atoms with Gasteiger partial charge in [-0.05, 0) is 18.2 Å². The van der Waals surface area contributed by atoms with Crippen molar-refractivity contribution in [3.8, 4) is 23.0 Å². The molecule has 2 N–H and O–H groups in total. The molecule has 0 aliphatic heterocycles. The number of phenols is 1. The highest BCUT2D eigenvalue weighted by molar-refractivity contribution is 6.31. The normalized spacial score (nSPS) is 10.6. The Kier molecular flexibility index (Phi) is 6.61. The molecule has 0 aliphatic rings. The third-order valence-electron chi connectivity index (χ3n) is 3.58. The van der Waals surface area contributed by atoms with Crippen LogP contribution >= 0.6 is 11.6 Å². The topological polar surface area (TPSA) is 133 Å². The number of benzene rings is 2. The highest BCUT2D eigenvalue weighted by Gasteiger charge is 2.19. The van der Waals surface area contributed by atoms with E-state index >= 15 is 0 Å². The Balaban J connectivity index is 2.26. The Hall–Kier alpha value is -3.53. The Labute approximate surface area is 164 Å². The number of hydrogen-bond donors (Lipinski definition) is 2. The van der Waals surface area contributed by atoms with E-state index in [1.165, 1.54) is 39.5 Å². The van der Waals surface area contributed by atoms with E-state index in [1.807, 2.05) is 0 Å². The molecule has 0 unspecified atom stereocenters. The van der Waals surface area contributed by atoms with Crippen molar-refractivity contribution in [3.05, 3.63) is 50.5 Å². The highest BCUT2D eigenvalue weighted by atomic mass is 35.5. The van der Waals surface area contributed by atoms with Gasteiger partial charge in [0.15, 0.2) is 11.5 Å². The van der Waals surface area contributed by atoms with E-state index in [9.17, 15) is 20.0 Å². The maximum atomic E-state index is 12.3. The molecule has 0 saturated carbocycles. The molecule has 0 atom stereocenters. The van der Waals surface area contributed by atoms with Crippen molar-refractivity contribution >= 4 is 29.4 Å². The molecule has 2 aromatic carbocycles. The Bertz CT molecular complexity index is 922. The zero-order valence-corrected chi connectivity index (χ0v) is 15.8. The van der Waals surface area contributed by atoms with E-state index in [0.717, 1.165) is 12.3 Å². The number of carbonyl (C=O) groups is 1. The summed E-state index contributed by atoms with van der Waals surface area (Å²) in [6, 6.07) is 5.11. The van der Waals surface area contributed by atoms with Crippen LogP contribution in [0.25, 0.3) is 0 Å². The molecule has 0 aromatic heterocycles.